The first kappa shape index (κ1) is 20.7. The number of carbonyl (C=O) groups is 2. The van der Waals surface area contributed by atoms with Crippen molar-refractivity contribution in [3.63, 3.8) is 0 Å². The minimum atomic E-state index is 0.0122. The maximum absolute atomic E-state index is 12.5. The summed E-state index contributed by atoms with van der Waals surface area (Å²) in [6.07, 6.45) is 2.30. The van der Waals surface area contributed by atoms with Gasteiger partial charge in [0.2, 0.25) is 11.8 Å². The number of carbonyl (C=O) groups excluding carboxylic acids is 2. The van der Waals surface area contributed by atoms with E-state index in [0.717, 1.165) is 35.5 Å². The van der Waals surface area contributed by atoms with Gasteiger partial charge in [-0.1, -0.05) is 24.3 Å². The lowest BCUT2D eigenvalue weighted by molar-refractivity contribution is -0.131. The van der Waals surface area contributed by atoms with Crippen molar-refractivity contribution in [2.45, 2.75) is 31.7 Å². The SMILES string of the molecule is COc1ccc(CC(=O)NC2CCN(C(=O)Cc3ccc(OC)cc3)CC2)cc1. The second kappa shape index (κ2) is 9.96. The number of piperidine rings is 1. The van der Waals surface area contributed by atoms with Crippen LogP contribution in [0.5, 0.6) is 11.5 Å². The van der Waals surface area contributed by atoms with Gasteiger partial charge in [-0.15, -0.1) is 0 Å². The van der Waals surface area contributed by atoms with E-state index in [0.29, 0.717) is 25.9 Å². The zero-order chi connectivity index (χ0) is 20.6. The third-order valence-corrected chi connectivity index (χ3v) is 5.25. The van der Waals surface area contributed by atoms with Gasteiger partial charge in [0.1, 0.15) is 11.5 Å². The van der Waals surface area contributed by atoms with Crippen LogP contribution in [0.3, 0.4) is 0 Å². The number of amides is 2. The fourth-order valence-electron chi connectivity index (χ4n) is 3.51. The van der Waals surface area contributed by atoms with Crippen LogP contribution in [0, 0.1) is 0 Å². The van der Waals surface area contributed by atoms with E-state index >= 15 is 0 Å². The maximum Gasteiger partial charge on any atom is 0.226 e. The van der Waals surface area contributed by atoms with Crippen molar-refractivity contribution >= 4 is 11.8 Å². The van der Waals surface area contributed by atoms with E-state index in [1.807, 2.05) is 53.4 Å². The van der Waals surface area contributed by atoms with E-state index in [2.05, 4.69) is 5.32 Å². The standard InChI is InChI=1S/C23H28N2O4/c1-28-20-7-3-17(4-8-20)15-22(26)24-19-11-13-25(14-12-19)23(27)16-18-5-9-21(29-2)10-6-18/h3-10,19H,11-16H2,1-2H3,(H,24,26). The molecule has 3 rings (SSSR count). The zero-order valence-electron chi connectivity index (χ0n) is 17.0. The highest BCUT2D eigenvalue weighted by molar-refractivity contribution is 5.80. The Morgan fingerprint density at radius 1 is 0.862 bits per heavy atom. The number of nitrogens with one attached hydrogen (secondary N) is 1. The predicted octanol–water partition coefficient (Wildman–Crippen LogP) is 2.60. The Hall–Kier alpha value is -3.02. The van der Waals surface area contributed by atoms with E-state index in [9.17, 15) is 9.59 Å². The van der Waals surface area contributed by atoms with Crippen molar-refractivity contribution in [3.8, 4) is 11.5 Å². The first-order valence-electron chi connectivity index (χ1n) is 9.90. The Bertz CT molecular complexity index is 810. The molecule has 0 saturated carbocycles. The second-order valence-corrected chi connectivity index (χ2v) is 7.27. The van der Waals surface area contributed by atoms with E-state index in [1.54, 1.807) is 14.2 Å². The van der Waals surface area contributed by atoms with Crippen LogP contribution in [0.15, 0.2) is 48.5 Å². The van der Waals surface area contributed by atoms with Crippen LogP contribution >= 0.6 is 0 Å². The molecule has 0 aromatic heterocycles. The minimum Gasteiger partial charge on any atom is -0.497 e. The molecule has 1 N–H and O–H groups in total. The Labute approximate surface area is 171 Å². The number of benzene rings is 2. The maximum atomic E-state index is 12.5. The molecule has 1 heterocycles. The molecule has 0 atom stereocenters. The summed E-state index contributed by atoms with van der Waals surface area (Å²) in [5.74, 6) is 1.70. The summed E-state index contributed by atoms with van der Waals surface area (Å²) in [7, 11) is 3.25. The number of nitrogens with zero attached hydrogens (tertiary/aromatic N) is 1. The second-order valence-electron chi connectivity index (χ2n) is 7.27. The highest BCUT2D eigenvalue weighted by Crippen LogP contribution is 2.16. The predicted molar refractivity (Wildman–Crippen MR) is 111 cm³/mol. The summed E-state index contributed by atoms with van der Waals surface area (Å²) in [5.41, 5.74) is 1.93. The average molecular weight is 396 g/mol. The third-order valence-electron chi connectivity index (χ3n) is 5.25. The van der Waals surface area contributed by atoms with Gasteiger partial charge in [-0.05, 0) is 48.2 Å². The van der Waals surface area contributed by atoms with Gasteiger partial charge in [-0.3, -0.25) is 9.59 Å². The number of hydrogen-bond acceptors (Lipinski definition) is 4. The molecule has 1 aliphatic heterocycles. The highest BCUT2D eigenvalue weighted by atomic mass is 16.5. The lowest BCUT2D eigenvalue weighted by Gasteiger charge is -2.32. The minimum absolute atomic E-state index is 0.0122. The molecule has 0 bridgehead atoms. The molecule has 6 nitrogen and oxygen atoms in total. The van der Waals surface area contributed by atoms with E-state index < -0.39 is 0 Å². The fraction of sp³-hybridized carbons (Fsp3) is 0.391. The number of likely N-dealkylation sites (tertiary alicyclic amines) is 1. The molecule has 0 spiro atoms. The molecule has 0 unspecified atom stereocenters. The van der Waals surface area contributed by atoms with Crippen LogP contribution in [0.1, 0.15) is 24.0 Å². The van der Waals surface area contributed by atoms with Gasteiger partial charge in [0.05, 0.1) is 27.1 Å². The van der Waals surface area contributed by atoms with Crippen LogP contribution in [0.4, 0.5) is 0 Å². The Morgan fingerprint density at radius 3 is 1.83 bits per heavy atom. The smallest absolute Gasteiger partial charge is 0.226 e. The molecule has 2 aromatic carbocycles. The molecule has 154 valence electrons. The van der Waals surface area contributed by atoms with Crippen molar-refractivity contribution in [1.29, 1.82) is 0 Å². The topological polar surface area (TPSA) is 67.9 Å². The van der Waals surface area contributed by atoms with E-state index in [-0.39, 0.29) is 17.9 Å². The number of hydrogen-bond donors (Lipinski definition) is 1. The molecule has 1 saturated heterocycles. The zero-order valence-corrected chi connectivity index (χ0v) is 17.0. The molecule has 6 heteroatoms. The van der Waals surface area contributed by atoms with Gasteiger partial charge in [0, 0.05) is 19.1 Å². The largest absolute Gasteiger partial charge is 0.497 e. The first-order chi connectivity index (χ1) is 14.1. The lowest BCUT2D eigenvalue weighted by Crippen LogP contribution is -2.47. The molecule has 2 aromatic rings. The van der Waals surface area contributed by atoms with Crippen LogP contribution < -0.4 is 14.8 Å². The van der Waals surface area contributed by atoms with E-state index in [1.165, 1.54) is 0 Å². The molecular weight excluding hydrogens is 368 g/mol. The van der Waals surface area contributed by atoms with Gasteiger partial charge in [-0.2, -0.15) is 0 Å². The summed E-state index contributed by atoms with van der Waals surface area (Å²) < 4.78 is 10.3. The number of rotatable bonds is 7. The van der Waals surface area contributed by atoms with Crippen molar-refractivity contribution < 1.29 is 19.1 Å². The summed E-state index contributed by atoms with van der Waals surface area (Å²) in [5, 5.41) is 3.10. The number of methoxy groups -OCH3 is 2. The molecule has 29 heavy (non-hydrogen) atoms. The van der Waals surface area contributed by atoms with Gasteiger partial charge >= 0.3 is 0 Å². The molecule has 1 aliphatic rings. The van der Waals surface area contributed by atoms with E-state index in [4.69, 9.17) is 9.47 Å². The number of ether oxygens (including phenoxy) is 2. The normalized spacial score (nSPS) is 14.3. The Kier molecular flexibility index (Phi) is 7.11. The average Bonchev–Trinajstić information content (AvgIpc) is 2.75. The van der Waals surface area contributed by atoms with Crippen molar-refractivity contribution in [2.24, 2.45) is 0 Å². The van der Waals surface area contributed by atoms with Crippen molar-refractivity contribution in [1.82, 2.24) is 10.2 Å². The first-order valence-corrected chi connectivity index (χ1v) is 9.90. The summed E-state index contributed by atoms with van der Waals surface area (Å²) in [6.45, 7) is 1.34. The van der Waals surface area contributed by atoms with Gasteiger partial charge in [0.25, 0.3) is 0 Å². The van der Waals surface area contributed by atoms with Crippen LogP contribution in [0.25, 0.3) is 0 Å². The molecule has 0 radical (unpaired) electrons. The van der Waals surface area contributed by atoms with Gasteiger partial charge < -0.3 is 19.7 Å². The fourth-order valence-corrected chi connectivity index (χ4v) is 3.51. The molecule has 2 amide bonds. The van der Waals surface area contributed by atoms with Crippen molar-refractivity contribution in [3.05, 3.63) is 59.7 Å². The summed E-state index contributed by atoms with van der Waals surface area (Å²) in [6, 6.07) is 15.2. The monoisotopic (exact) mass is 396 g/mol. The highest BCUT2D eigenvalue weighted by Gasteiger charge is 2.23. The van der Waals surface area contributed by atoms with Gasteiger partial charge in [-0.25, -0.2) is 0 Å². The lowest BCUT2D eigenvalue weighted by atomic mass is 10.0. The van der Waals surface area contributed by atoms with Crippen LogP contribution in [-0.4, -0.2) is 50.1 Å². The van der Waals surface area contributed by atoms with Gasteiger partial charge in [0.15, 0.2) is 0 Å². The quantitative estimate of drug-likeness (QED) is 0.781. The Balaban J connectivity index is 1.41. The summed E-state index contributed by atoms with van der Waals surface area (Å²) in [4.78, 5) is 26.7. The molecular formula is C23H28N2O4. The molecule has 0 aliphatic carbocycles. The third kappa shape index (κ3) is 5.98. The van der Waals surface area contributed by atoms with Crippen LogP contribution in [0.2, 0.25) is 0 Å². The van der Waals surface area contributed by atoms with Crippen molar-refractivity contribution in [2.75, 3.05) is 27.3 Å². The van der Waals surface area contributed by atoms with Crippen LogP contribution in [-0.2, 0) is 22.4 Å². The summed E-state index contributed by atoms with van der Waals surface area (Å²) >= 11 is 0. The molecule has 1 fully saturated rings. The Morgan fingerprint density at radius 2 is 1.34 bits per heavy atom.